The second-order valence-corrected chi connectivity index (χ2v) is 4.21. The molecule has 0 saturated heterocycles. The third-order valence-corrected chi connectivity index (χ3v) is 3.07. The third kappa shape index (κ3) is 4.35. The molecule has 1 aromatic rings. The van der Waals surface area contributed by atoms with E-state index >= 15 is 0 Å². The molecule has 0 aliphatic heterocycles. The molecule has 0 bridgehead atoms. The van der Waals surface area contributed by atoms with Crippen LogP contribution >= 0.6 is 11.8 Å². The van der Waals surface area contributed by atoms with Gasteiger partial charge in [0.05, 0.1) is 0 Å². The fraction of sp³-hybridized carbons (Fsp3) is 0.273. The molecule has 86 valence electrons. The van der Waals surface area contributed by atoms with Gasteiger partial charge in [0.1, 0.15) is 6.04 Å². The molecule has 0 spiro atoms. The van der Waals surface area contributed by atoms with Gasteiger partial charge in [-0.15, -0.1) is 0 Å². The summed E-state index contributed by atoms with van der Waals surface area (Å²) in [5.41, 5.74) is 1.14. The summed E-state index contributed by atoms with van der Waals surface area (Å²) in [5.74, 6) is 0.0985. The van der Waals surface area contributed by atoms with E-state index in [0.29, 0.717) is 12.2 Å². The molecule has 4 nitrogen and oxygen atoms in total. The van der Waals surface area contributed by atoms with Crippen LogP contribution in [0.25, 0.3) is 0 Å². The molecule has 0 saturated carbocycles. The van der Waals surface area contributed by atoms with Crippen molar-refractivity contribution in [1.29, 1.82) is 0 Å². The van der Waals surface area contributed by atoms with E-state index in [2.05, 4.69) is 5.32 Å². The highest BCUT2D eigenvalue weighted by Crippen LogP contribution is 2.12. The standard InChI is InChI=1S/C11H13NO3S/c13-8-12-10(11(14)15)7-16-6-9-4-2-1-3-5-9/h1-5,8,10H,6-7H2,(H,12,13)(H,14,15). The van der Waals surface area contributed by atoms with Gasteiger partial charge in [0.25, 0.3) is 0 Å². The predicted molar refractivity (Wildman–Crippen MR) is 63.2 cm³/mol. The van der Waals surface area contributed by atoms with E-state index < -0.39 is 12.0 Å². The Morgan fingerprint density at radius 2 is 2.12 bits per heavy atom. The van der Waals surface area contributed by atoms with Gasteiger partial charge < -0.3 is 10.4 Å². The molecule has 2 N–H and O–H groups in total. The SMILES string of the molecule is O=CNC(CSCc1ccccc1)C(=O)O. The molecule has 0 aromatic heterocycles. The van der Waals surface area contributed by atoms with Gasteiger partial charge in [-0.1, -0.05) is 30.3 Å². The second kappa shape index (κ2) is 6.90. The first-order valence-electron chi connectivity index (χ1n) is 4.78. The van der Waals surface area contributed by atoms with Gasteiger partial charge in [0.2, 0.25) is 6.41 Å². The summed E-state index contributed by atoms with van der Waals surface area (Å²) in [4.78, 5) is 20.9. The van der Waals surface area contributed by atoms with Crippen LogP contribution < -0.4 is 5.32 Å². The number of nitrogens with one attached hydrogen (secondary N) is 1. The Morgan fingerprint density at radius 1 is 1.44 bits per heavy atom. The highest BCUT2D eigenvalue weighted by atomic mass is 32.2. The molecule has 1 aromatic carbocycles. The predicted octanol–water partition coefficient (Wildman–Crippen LogP) is 1.12. The number of rotatable bonds is 7. The number of carboxylic acids is 1. The van der Waals surface area contributed by atoms with Crippen molar-refractivity contribution in [3.05, 3.63) is 35.9 Å². The first-order chi connectivity index (χ1) is 7.74. The van der Waals surface area contributed by atoms with Gasteiger partial charge in [0.15, 0.2) is 0 Å². The van der Waals surface area contributed by atoms with Gasteiger partial charge in [-0.05, 0) is 5.56 Å². The van der Waals surface area contributed by atoms with Gasteiger partial charge in [-0.25, -0.2) is 4.79 Å². The highest BCUT2D eigenvalue weighted by molar-refractivity contribution is 7.98. The number of carbonyl (C=O) groups is 2. The van der Waals surface area contributed by atoms with Crippen molar-refractivity contribution in [3.63, 3.8) is 0 Å². The van der Waals surface area contributed by atoms with Crippen LogP contribution in [0.5, 0.6) is 0 Å². The molecular formula is C11H13NO3S. The average molecular weight is 239 g/mol. The van der Waals surface area contributed by atoms with E-state index in [1.165, 1.54) is 11.8 Å². The van der Waals surface area contributed by atoms with E-state index in [9.17, 15) is 9.59 Å². The van der Waals surface area contributed by atoms with Gasteiger partial charge >= 0.3 is 5.97 Å². The zero-order valence-corrected chi connectivity index (χ0v) is 9.44. The Labute approximate surface area is 98.0 Å². The molecule has 5 heteroatoms. The fourth-order valence-corrected chi connectivity index (χ4v) is 2.16. The molecule has 1 amide bonds. The lowest BCUT2D eigenvalue weighted by atomic mass is 10.2. The first-order valence-corrected chi connectivity index (χ1v) is 5.93. The molecule has 16 heavy (non-hydrogen) atoms. The molecule has 0 fully saturated rings. The van der Waals surface area contributed by atoms with Crippen LogP contribution in [0, 0.1) is 0 Å². The molecule has 0 aliphatic rings. The minimum atomic E-state index is -1.01. The van der Waals surface area contributed by atoms with Gasteiger partial charge in [-0.2, -0.15) is 11.8 Å². The van der Waals surface area contributed by atoms with Crippen LogP contribution in [-0.2, 0) is 15.3 Å². The topological polar surface area (TPSA) is 66.4 Å². The minimum Gasteiger partial charge on any atom is -0.480 e. The van der Waals surface area contributed by atoms with Crippen molar-refractivity contribution in [3.8, 4) is 0 Å². The van der Waals surface area contributed by atoms with Gasteiger partial charge in [-0.3, -0.25) is 4.79 Å². The Balaban J connectivity index is 2.33. The van der Waals surface area contributed by atoms with Crippen LogP contribution in [0.2, 0.25) is 0 Å². The lowest BCUT2D eigenvalue weighted by Gasteiger charge is -2.10. The molecule has 0 heterocycles. The monoisotopic (exact) mass is 239 g/mol. The minimum absolute atomic E-state index is 0.364. The van der Waals surface area contributed by atoms with E-state index in [4.69, 9.17) is 5.11 Å². The van der Waals surface area contributed by atoms with Crippen LogP contribution in [-0.4, -0.2) is 29.3 Å². The first kappa shape index (κ1) is 12.6. The highest BCUT2D eigenvalue weighted by Gasteiger charge is 2.15. The lowest BCUT2D eigenvalue weighted by Crippen LogP contribution is -2.37. The van der Waals surface area contributed by atoms with Crippen LogP contribution in [0.15, 0.2) is 30.3 Å². The normalized spacial score (nSPS) is 11.8. The number of carboxylic acid groups (broad SMARTS) is 1. The summed E-state index contributed by atoms with van der Waals surface area (Å²) < 4.78 is 0. The molecule has 1 rings (SSSR count). The average Bonchev–Trinajstić information content (AvgIpc) is 2.29. The summed E-state index contributed by atoms with van der Waals surface area (Å²) in [5, 5.41) is 11.0. The van der Waals surface area contributed by atoms with Crippen molar-refractivity contribution in [2.75, 3.05) is 5.75 Å². The number of aliphatic carboxylic acids is 1. The number of carbonyl (C=O) groups excluding carboxylic acids is 1. The van der Waals surface area contributed by atoms with E-state index in [1.54, 1.807) is 0 Å². The van der Waals surface area contributed by atoms with E-state index in [0.717, 1.165) is 11.3 Å². The van der Waals surface area contributed by atoms with Gasteiger partial charge in [0, 0.05) is 11.5 Å². The maximum atomic E-state index is 10.7. The summed E-state index contributed by atoms with van der Waals surface area (Å²) in [6.07, 6.45) is 0.419. The largest absolute Gasteiger partial charge is 0.480 e. The third-order valence-electron chi connectivity index (χ3n) is 1.96. The fourth-order valence-electron chi connectivity index (χ4n) is 1.14. The van der Waals surface area contributed by atoms with E-state index in [-0.39, 0.29) is 0 Å². The lowest BCUT2D eigenvalue weighted by molar-refractivity contribution is -0.139. The van der Waals surface area contributed by atoms with Crippen molar-refractivity contribution >= 4 is 24.1 Å². The van der Waals surface area contributed by atoms with Crippen molar-refractivity contribution in [1.82, 2.24) is 5.32 Å². The van der Waals surface area contributed by atoms with Crippen molar-refractivity contribution in [2.45, 2.75) is 11.8 Å². The smallest absolute Gasteiger partial charge is 0.327 e. The summed E-state index contributed by atoms with van der Waals surface area (Å²) >= 11 is 1.48. The Bertz CT molecular complexity index is 342. The van der Waals surface area contributed by atoms with Crippen LogP contribution in [0.4, 0.5) is 0 Å². The zero-order valence-electron chi connectivity index (χ0n) is 8.63. The number of hydrogen-bond acceptors (Lipinski definition) is 3. The second-order valence-electron chi connectivity index (χ2n) is 3.18. The Hall–Kier alpha value is -1.49. The summed E-state index contributed by atoms with van der Waals surface area (Å²) in [7, 11) is 0. The van der Waals surface area contributed by atoms with Crippen LogP contribution in [0.3, 0.4) is 0 Å². The molecule has 0 radical (unpaired) electrons. The summed E-state index contributed by atoms with van der Waals surface area (Å²) in [6.45, 7) is 0. The Kier molecular flexibility index (Phi) is 5.42. The molecule has 1 atom stereocenters. The maximum Gasteiger partial charge on any atom is 0.327 e. The number of hydrogen-bond donors (Lipinski definition) is 2. The quantitative estimate of drug-likeness (QED) is 0.700. The summed E-state index contributed by atoms with van der Waals surface area (Å²) in [6, 6.07) is 8.96. The Morgan fingerprint density at radius 3 is 2.69 bits per heavy atom. The van der Waals surface area contributed by atoms with Crippen molar-refractivity contribution < 1.29 is 14.7 Å². The number of amides is 1. The molecule has 1 unspecified atom stereocenters. The molecule has 0 aliphatic carbocycles. The number of thioether (sulfide) groups is 1. The van der Waals surface area contributed by atoms with Crippen LogP contribution in [0.1, 0.15) is 5.56 Å². The van der Waals surface area contributed by atoms with E-state index in [1.807, 2.05) is 30.3 Å². The zero-order chi connectivity index (χ0) is 11.8. The maximum absolute atomic E-state index is 10.7. The van der Waals surface area contributed by atoms with Crippen molar-refractivity contribution in [2.24, 2.45) is 0 Å². The number of benzene rings is 1. The molecular weight excluding hydrogens is 226 g/mol.